The fourth-order valence-electron chi connectivity index (χ4n) is 1.60. The Bertz CT molecular complexity index is 128. The molecule has 1 aliphatic carbocycles. The highest BCUT2D eigenvalue weighted by Gasteiger charge is 2.45. The van der Waals surface area contributed by atoms with Crippen LogP contribution in [0, 0.1) is 11.8 Å². The average molecular weight is 164 g/mol. The highest BCUT2D eigenvalue weighted by Crippen LogP contribution is 2.45. The lowest BCUT2D eigenvalue weighted by atomic mass is 9.76. The van der Waals surface area contributed by atoms with E-state index in [9.17, 15) is 8.78 Å². The Labute approximate surface area is 65.4 Å². The van der Waals surface area contributed by atoms with Crippen LogP contribution < -0.4 is 0 Å². The van der Waals surface area contributed by atoms with Crippen molar-refractivity contribution in [2.45, 2.75) is 32.1 Å². The van der Waals surface area contributed by atoms with Crippen molar-refractivity contribution < 1.29 is 13.9 Å². The highest BCUT2D eigenvalue weighted by molar-refractivity contribution is 4.86. The first-order valence-electron chi connectivity index (χ1n) is 4.02. The Morgan fingerprint density at radius 2 is 2.09 bits per heavy atom. The molecule has 11 heavy (non-hydrogen) atoms. The minimum atomic E-state index is -2.40. The van der Waals surface area contributed by atoms with Gasteiger partial charge in [-0.15, -0.1) is 0 Å². The van der Waals surface area contributed by atoms with Gasteiger partial charge in [-0.05, 0) is 18.3 Å². The summed E-state index contributed by atoms with van der Waals surface area (Å²) in [5.41, 5.74) is 0. The van der Waals surface area contributed by atoms with Crippen molar-refractivity contribution in [2.75, 3.05) is 6.61 Å². The molecule has 1 N–H and O–H groups in total. The lowest BCUT2D eigenvalue weighted by Crippen LogP contribution is -2.36. The normalized spacial score (nSPS) is 26.2. The first-order valence-corrected chi connectivity index (χ1v) is 4.02. The molecule has 1 aliphatic rings. The van der Waals surface area contributed by atoms with Gasteiger partial charge in [0.15, 0.2) is 0 Å². The molecule has 0 amide bonds. The molecular formula is C8H14F2O. The molecule has 0 bridgehead atoms. The van der Waals surface area contributed by atoms with Crippen molar-refractivity contribution in [2.24, 2.45) is 11.8 Å². The summed E-state index contributed by atoms with van der Waals surface area (Å²) >= 11 is 0. The predicted molar refractivity (Wildman–Crippen MR) is 38.5 cm³/mol. The van der Waals surface area contributed by atoms with Gasteiger partial charge in [-0.3, -0.25) is 0 Å². The maximum Gasteiger partial charge on any atom is 0.248 e. The second-order valence-electron chi connectivity index (χ2n) is 3.65. The summed E-state index contributed by atoms with van der Waals surface area (Å²) in [6, 6.07) is 0. The Kier molecular flexibility index (Phi) is 2.47. The Hall–Kier alpha value is -0.180. The lowest BCUT2D eigenvalue weighted by Gasteiger charge is -2.36. The van der Waals surface area contributed by atoms with Crippen molar-refractivity contribution >= 4 is 0 Å². The molecule has 0 spiro atoms. The molecule has 1 atom stereocenters. The third kappa shape index (κ3) is 2.40. The van der Waals surface area contributed by atoms with Crippen LogP contribution in [0.4, 0.5) is 8.78 Å². The van der Waals surface area contributed by atoms with E-state index in [0.717, 1.165) is 6.42 Å². The van der Waals surface area contributed by atoms with Gasteiger partial charge < -0.3 is 5.11 Å². The molecule has 0 heterocycles. The van der Waals surface area contributed by atoms with Gasteiger partial charge >= 0.3 is 0 Å². The monoisotopic (exact) mass is 164 g/mol. The van der Waals surface area contributed by atoms with E-state index < -0.39 is 5.92 Å². The molecule has 0 radical (unpaired) electrons. The van der Waals surface area contributed by atoms with Crippen molar-refractivity contribution in [3.05, 3.63) is 0 Å². The molecule has 3 heteroatoms. The molecule has 0 aromatic rings. The molecule has 1 nitrogen and oxygen atoms in total. The van der Waals surface area contributed by atoms with E-state index in [4.69, 9.17) is 5.11 Å². The number of aliphatic hydroxyl groups excluding tert-OH is 1. The number of rotatable bonds is 3. The summed E-state index contributed by atoms with van der Waals surface area (Å²) in [5.74, 6) is -2.08. The Balaban J connectivity index is 2.13. The van der Waals surface area contributed by atoms with E-state index in [0.29, 0.717) is 0 Å². The molecule has 1 saturated carbocycles. The number of aliphatic hydroxyl groups is 1. The van der Waals surface area contributed by atoms with E-state index >= 15 is 0 Å². The minimum absolute atomic E-state index is 0.0251. The fourth-order valence-corrected chi connectivity index (χ4v) is 1.60. The maximum atomic E-state index is 12.3. The fraction of sp³-hybridized carbons (Fsp3) is 1.00. The first kappa shape index (κ1) is 8.91. The quantitative estimate of drug-likeness (QED) is 0.676. The number of halogens is 2. The van der Waals surface area contributed by atoms with Crippen LogP contribution in [0.5, 0.6) is 0 Å². The molecule has 1 fully saturated rings. The van der Waals surface area contributed by atoms with E-state index in [2.05, 4.69) is 0 Å². The standard InChI is InChI=1S/C8H14F2O/c1-6(5-11)2-7-3-8(9,10)4-7/h6-7,11H,2-5H2,1H3/t6-/m1/s1. The molecule has 0 aromatic heterocycles. The van der Waals surface area contributed by atoms with Gasteiger partial charge in [0.1, 0.15) is 0 Å². The summed E-state index contributed by atoms with van der Waals surface area (Å²) in [6.45, 7) is 2.00. The van der Waals surface area contributed by atoms with Crippen molar-refractivity contribution in [3.8, 4) is 0 Å². The average Bonchev–Trinajstić information content (AvgIpc) is 1.83. The number of hydrogen-bond donors (Lipinski definition) is 1. The molecule has 0 saturated heterocycles. The van der Waals surface area contributed by atoms with E-state index in [1.807, 2.05) is 6.92 Å². The minimum Gasteiger partial charge on any atom is -0.396 e. The highest BCUT2D eigenvalue weighted by atomic mass is 19.3. The number of hydrogen-bond acceptors (Lipinski definition) is 1. The van der Waals surface area contributed by atoms with Gasteiger partial charge in [0.2, 0.25) is 5.92 Å². The van der Waals surface area contributed by atoms with Gasteiger partial charge in [-0.1, -0.05) is 6.92 Å². The summed E-state index contributed by atoms with van der Waals surface area (Å²) in [7, 11) is 0. The Morgan fingerprint density at radius 1 is 1.55 bits per heavy atom. The smallest absolute Gasteiger partial charge is 0.248 e. The molecule has 0 unspecified atom stereocenters. The van der Waals surface area contributed by atoms with Crippen LogP contribution >= 0.6 is 0 Å². The van der Waals surface area contributed by atoms with Crippen LogP contribution in [0.3, 0.4) is 0 Å². The molecule has 0 aromatic carbocycles. The first-order chi connectivity index (χ1) is 5.03. The summed E-state index contributed by atoms with van der Waals surface area (Å²) in [4.78, 5) is 0. The van der Waals surface area contributed by atoms with Crippen molar-refractivity contribution in [3.63, 3.8) is 0 Å². The largest absolute Gasteiger partial charge is 0.396 e. The van der Waals surface area contributed by atoms with Crippen LogP contribution in [0.15, 0.2) is 0 Å². The van der Waals surface area contributed by atoms with Crippen LogP contribution in [0.2, 0.25) is 0 Å². The zero-order chi connectivity index (χ0) is 8.48. The van der Waals surface area contributed by atoms with Gasteiger partial charge in [-0.2, -0.15) is 0 Å². The van der Waals surface area contributed by atoms with Gasteiger partial charge in [0, 0.05) is 19.4 Å². The molecular weight excluding hydrogens is 150 g/mol. The van der Waals surface area contributed by atoms with Crippen LogP contribution in [0.25, 0.3) is 0 Å². The van der Waals surface area contributed by atoms with Gasteiger partial charge in [0.05, 0.1) is 0 Å². The topological polar surface area (TPSA) is 20.2 Å². The van der Waals surface area contributed by atoms with Gasteiger partial charge in [0.25, 0.3) is 0 Å². The summed E-state index contributed by atoms with van der Waals surface area (Å²) < 4.78 is 24.6. The molecule has 1 rings (SSSR count). The molecule has 0 aliphatic heterocycles. The Morgan fingerprint density at radius 3 is 2.45 bits per heavy atom. The van der Waals surface area contributed by atoms with E-state index in [-0.39, 0.29) is 31.3 Å². The van der Waals surface area contributed by atoms with E-state index in [1.54, 1.807) is 0 Å². The summed E-state index contributed by atoms with van der Waals surface area (Å²) in [6.07, 6.45) is 0.792. The lowest BCUT2D eigenvalue weighted by molar-refractivity contribution is -0.116. The summed E-state index contributed by atoms with van der Waals surface area (Å²) in [5, 5.41) is 8.65. The maximum absolute atomic E-state index is 12.3. The third-order valence-electron chi connectivity index (χ3n) is 2.22. The second-order valence-corrected chi connectivity index (χ2v) is 3.65. The van der Waals surface area contributed by atoms with Gasteiger partial charge in [-0.25, -0.2) is 8.78 Å². The van der Waals surface area contributed by atoms with Crippen LogP contribution in [-0.4, -0.2) is 17.6 Å². The zero-order valence-corrected chi connectivity index (χ0v) is 6.69. The van der Waals surface area contributed by atoms with Crippen molar-refractivity contribution in [1.82, 2.24) is 0 Å². The number of alkyl halides is 2. The second kappa shape index (κ2) is 3.05. The van der Waals surface area contributed by atoms with Crippen LogP contribution in [-0.2, 0) is 0 Å². The third-order valence-corrected chi connectivity index (χ3v) is 2.22. The zero-order valence-electron chi connectivity index (χ0n) is 6.69. The molecule has 66 valence electrons. The van der Waals surface area contributed by atoms with E-state index in [1.165, 1.54) is 0 Å². The SMILES string of the molecule is C[C@@H](CO)CC1CC(F)(F)C1. The predicted octanol–water partition coefficient (Wildman–Crippen LogP) is 2.05. The van der Waals surface area contributed by atoms with Crippen LogP contribution in [0.1, 0.15) is 26.2 Å². The van der Waals surface area contributed by atoms with Crippen molar-refractivity contribution in [1.29, 1.82) is 0 Å².